The number of carbonyl (C=O) groups excluding carboxylic acids is 1. The minimum absolute atomic E-state index is 0.0704. The fourth-order valence-corrected chi connectivity index (χ4v) is 2.53. The molecular formula is C14H20BrNO2. The molecule has 1 aliphatic heterocycles. The van der Waals surface area contributed by atoms with Crippen LogP contribution in [-0.4, -0.2) is 18.8 Å². The predicted molar refractivity (Wildman–Crippen MR) is 77.8 cm³/mol. The molecule has 1 rings (SSSR count). The highest BCUT2D eigenvalue weighted by atomic mass is 79.9. The van der Waals surface area contributed by atoms with Crippen LogP contribution in [0, 0.1) is 11.3 Å². The third kappa shape index (κ3) is 4.77. The van der Waals surface area contributed by atoms with E-state index in [9.17, 15) is 4.79 Å². The molecule has 4 heteroatoms. The smallest absolute Gasteiger partial charge is 0.309 e. The zero-order chi connectivity index (χ0) is 13.8. The fourth-order valence-electron chi connectivity index (χ4n) is 1.84. The molecule has 100 valence electrons. The number of ether oxygens (including phenoxy) is 1. The molecule has 1 heterocycles. The average molecular weight is 314 g/mol. The van der Waals surface area contributed by atoms with E-state index in [1.54, 1.807) is 6.21 Å². The highest BCUT2D eigenvalue weighted by Gasteiger charge is 2.20. The van der Waals surface area contributed by atoms with Gasteiger partial charge in [0, 0.05) is 28.2 Å². The summed E-state index contributed by atoms with van der Waals surface area (Å²) in [6, 6.07) is 0. The van der Waals surface area contributed by atoms with Gasteiger partial charge in [-0.15, -0.1) is 0 Å². The first-order valence-electron chi connectivity index (χ1n) is 6.15. The number of hydrogen-bond donors (Lipinski definition) is 0. The van der Waals surface area contributed by atoms with Gasteiger partial charge in [0.1, 0.15) is 0 Å². The van der Waals surface area contributed by atoms with Crippen molar-refractivity contribution in [2.45, 2.75) is 34.1 Å². The Kier molecular flexibility index (Phi) is 5.32. The zero-order valence-corrected chi connectivity index (χ0v) is 13.0. The summed E-state index contributed by atoms with van der Waals surface area (Å²) in [5.41, 5.74) is 0.852. The Morgan fingerprint density at radius 2 is 2.17 bits per heavy atom. The average Bonchev–Trinajstić information content (AvgIpc) is 2.36. The molecule has 0 aromatic heterocycles. The molecule has 0 aromatic rings. The molecular weight excluding hydrogens is 294 g/mol. The van der Waals surface area contributed by atoms with Crippen LogP contribution in [0.2, 0.25) is 0 Å². The molecule has 1 aliphatic rings. The maximum absolute atomic E-state index is 11.6. The molecule has 0 spiro atoms. The van der Waals surface area contributed by atoms with Crippen molar-refractivity contribution in [1.29, 1.82) is 0 Å². The van der Waals surface area contributed by atoms with E-state index >= 15 is 0 Å². The molecule has 0 N–H and O–H groups in total. The number of nitrogens with zero attached hydrogens (tertiary/aromatic N) is 1. The SMILES string of the molecule is CCOC(=O)C(C)CC1=CC(C)(C)C=C(Br)C=N1. The number of halogens is 1. The van der Waals surface area contributed by atoms with Gasteiger partial charge in [0.15, 0.2) is 0 Å². The van der Waals surface area contributed by atoms with Gasteiger partial charge in [0.2, 0.25) is 0 Å². The van der Waals surface area contributed by atoms with Crippen molar-refractivity contribution in [3.63, 3.8) is 0 Å². The Bertz CT molecular complexity index is 408. The van der Waals surface area contributed by atoms with Crippen molar-refractivity contribution in [2.75, 3.05) is 6.61 Å². The van der Waals surface area contributed by atoms with Crippen molar-refractivity contribution >= 4 is 28.1 Å². The third-order valence-electron chi connectivity index (χ3n) is 2.61. The van der Waals surface area contributed by atoms with Crippen LogP contribution in [-0.2, 0) is 9.53 Å². The summed E-state index contributed by atoms with van der Waals surface area (Å²) < 4.78 is 5.97. The Labute approximate surface area is 117 Å². The van der Waals surface area contributed by atoms with Gasteiger partial charge in [-0.1, -0.05) is 32.9 Å². The molecule has 0 saturated carbocycles. The van der Waals surface area contributed by atoms with Crippen LogP contribution >= 0.6 is 15.9 Å². The Morgan fingerprint density at radius 1 is 1.50 bits per heavy atom. The highest BCUT2D eigenvalue weighted by Crippen LogP contribution is 2.29. The third-order valence-corrected chi connectivity index (χ3v) is 3.04. The topological polar surface area (TPSA) is 38.7 Å². The fraction of sp³-hybridized carbons (Fsp3) is 0.571. The second-order valence-electron chi connectivity index (χ2n) is 5.10. The minimum Gasteiger partial charge on any atom is -0.466 e. The largest absolute Gasteiger partial charge is 0.466 e. The predicted octanol–water partition coefficient (Wildman–Crippen LogP) is 3.85. The number of hydrogen-bond acceptors (Lipinski definition) is 3. The van der Waals surface area contributed by atoms with Crippen LogP contribution in [0.25, 0.3) is 0 Å². The second kappa shape index (κ2) is 6.32. The van der Waals surface area contributed by atoms with E-state index < -0.39 is 0 Å². The summed E-state index contributed by atoms with van der Waals surface area (Å²) in [4.78, 5) is 16.0. The Balaban J connectivity index is 2.76. The molecule has 0 aromatic carbocycles. The van der Waals surface area contributed by atoms with Gasteiger partial charge in [-0.05, 0) is 22.9 Å². The lowest BCUT2D eigenvalue weighted by atomic mass is 9.90. The van der Waals surface area contributed by atoms with Crippen LogP contribution in [0.1, 0.15) is 34.1 Å². The molecule has 1 atom stereocenters. The van der Waals surface area contributed by atoms with Crippen LogP contribution < -0.4 is 0 Å². The highest BCUT2D eigenvalue weighted by molar-refractivity contribution is 9.12. The summed E-state index contributed by atoms with van der Waals surface area (Å²) in [6.45, 7) is 8.33. The van der Waals surface area contributed by atoms with E-state index in [0.717, 1.165) is 10.2 Å². The van der Waals surface area contributed by atoms with Crippen molar-refractivity contribution in [3.8, 4) is 0 Å². The van der Waals surface area contributed by atoms with Gasteiger partial charge in [-0.2, -0.15) is 0 Å². The Morgan fingerprint density at radius 3 is 2.78 bits per heavy atom. The monoisotopic (exact) mass is 313 g/mol. The van der Waals surface area contributed by atoms with E-state index in [-0.39, 0.29) is 17.3 Å². The molecule has 18 heavy (non-hydrogen) atoms. The molecule has 0 bridgehead atoms. The van der Waals surface area contributed by atoms with Crippen molar-refractivity contribution in [3.05, 3.63) is 22.3 Å². The van der Waals surface area contributed by atoms with Crippen LogP contribution in [0.4, 0.5) is 0 Å². The van der Waals surface area contributed by atoms with E-state index in [1.165, 1.54) is 0 Å². The standard InChI is InChI=1S/C14H20BrNO2/c1-5-18-13(17)10(2)6-12-8-14(3,4)7-11(15)9-16-12/h7-10H,5-6H2,1-4H3. The maximum atomic E-state index is 11.6. The molecule has 0 saturated heterocycles. The number of carbonyl (C=O) groups is 1. The van der Waals surface area contributed by atoms with Crippen molar-refractivity contribution in [1.82, 2.24) is 0 Å². The van der Waals surface area contributed by atoms with Crippen LogP contribution in [0.5, 0.6) is 0 Å². The first-order chi connectivity index (χ1) is 8.34. The van der Waals surface area contributed by atoms with Gasteiger partial charge in [0.05, 0.1) is 12.5 Å². The van der Waals surface area contributed by atoms with E-state index in [2.05, 4.69) is 46.9 Å². The lowest BCUT2D eigenvalue weighted by Gasteiger charge is -2.16. The van der Waals surface area contributed by atoms with E-state index in [0.29, 0.717) is 13.0 Å². The summed E-state index contributed by atoms with van der Waals surface area (Å²) in [5.74, 6) is -0.330. The normalized spacial score (nSPS) is 19.6. The van der Waals surface area contributed by atoms with Gasteiger partial charge in [0.25, 0.3) is 0 Å². The van der Waals surface area contributed by atoms with Gasteiger partial charge >= 0.3 is 5.97 Å². The van der Waals surface area contributed by atoms with Gasteiger partial charge in [-0.3, -0.25) is 9.79 Å². The number of allylic oxidation sites excluding steroid dienone is 4. The number of rotatable bonds is 4. The molecule has 0 aliphatic carbocycles. The van der Waals surface area contributed by atoms with Crippen molar-refractivity contribution in [2.24, 2.45) is 16.3 Å². The molecule has 1 unspecified atom stereocenters. The summed E-state index contributed by atoms with van der Waals surface area (Å²) in [6.07, 6.45) is 6.57. The molecule has 0 fully saturated rings. The van der Waals surface area contributed by atoms with Crippen molar-refractivity contribution < 1.29 is 9.53 Å². The second-order valence-corrected chi connectivity index (χ2v) is 6.02. The van der Waals surface area contributed by atoms with Crippen LogP contribution in [0.15, 0.2) is 27.3 Å². The van der Waals surface area contributed by atoms with E-state index in [4.69, 9.17) is 4.74 Å². The summed E-state index contributed by atoms with van der Waals surface area (Å²) in [5, 5.41) is 0. The number of aliphatic imine (C=N–C) groups is 1. The molecule has 0 amide bonds. The molecule has 3 nitrogen and oxygen atoms in total. The first kappa shape index (κ1) is 15.2. The van der Waals surface area contributed by atoms with Gasteiger partial charge in [-0.25, -0.2) is 0 Å². The van der Waals surface area contributed by atoms with Gasteiger partial charge < -0.3 is 4.74 Å². The quantitative estimate of drug-likeness (QED) is 0.739. The van der Waals surface area contributed by atoms with E-state index in [1.807, 2.05) is 13.8 Å². The maximum Gasteiger partial charge on any atom is 0.309 e. The number of esters is 1. The minimum atomic E-state index is -0.166. The summed E-state index contributed by atoms with van der Waals surface area (Å²) in [7, 11) is 0. The Hall–Kier alpha value is -0.900. The summed E-state index contributed by atoms with van der Waals surface area (Å²) >= 11 is 3.45. The zero-order valence-electron chi connectivity index (χ0n) is 11.4. The molecule has 0 radical (unpaired) electrons. The van der Waals surface area contributed by atoms with Crippen LogP contribution in [0.3, 0.4) is 0 Å². The first-order valence-corrected chi connectivity index (χ1v) is 6.94. The lowest BCUT2D eigenvalue weighted by molar-refractivity contribution is -0.147. The lowest BCUT2D eigenvalue weighted by Crippen LogP contribution is -2.15.